The van der Waals surface area contributed by atoms with Crippen molar-refractivity contribution in [3.63, 3.8) is 0 Å². The number of likely N-dealkylation sites (tertiary alicyclic amines) is 1. The number of nitrogens with two attached hydrogens (primary N) is 2. The highest BCUT2D eigenvalue weighted by atomic mass is 16.2. The maximum absolute atomic E-state index is 11.7. The Labute approximate surface area is 89.8 Å². The fraction of sp³-hybridized carbons (Fsp3) is 0.800. The van der Waals surface area contributed by atoms with Crippen molar-refractivity contribution in [2.45, 2.75) is 32.7 Å². The summed E-state index contributed by atoms with van der Waals surface area (Å²) in [6.45, 7) is 4.62. The molecule has 1 rings (SSSR count). The van der Waals surface area contributed by atoms with E-state index in [4.69, 9.17) is 11.5 Å². The topological polar surface area (TPSA) is 89.4 Å². The smallest absolute Gasteiger partial charge is 0.225 e. The molecule has 2 amide bonds. The van der Waals surface area contributed by atoms with E-state index in [-0.39, 0.29) is 17.9 Å². The Morgan fingerprint density at radius 3 is 2.53 bits per heavy atom. The van der Waals surface area contributed by atoms with E-state index in [2.05, 4.69) is 0 Å². The molecule has 86 valence electrons. The van der Waals surface area contributed by atoms with Gasteiger partial charge in [-0.25, -0.2) is 0 Å². The van der Waals surface area contributed by atoms with E-state index in [0.29, 0.717) is 25.9 Å². The summed E-state index contributed by atoms with van der Waals surface area (Å²) in [6, 6.07) is -0.141. The quantitative estimate of drug-likeness (QED) is 0.659. The fourth-order valence-corrected chi connectivity index (χ4v) is 1.78. The zero-order valence-electron chi connectivity index (χ0n) is 9.32. The molecule has 0 bridgehead atoms. The molecule has 1 aliphatic heterocycles. The molecule has 0 aromatic carbocycles. The predicted molar refractivity (Wildman–Crippen MR) is 56.8 cm³/mol. The maximum Gasteiger partial charge on any atom is 0.225 e. The largest absolute Gasteiger partial charge is 0.369 e. The molecule has 15 heavy (non-hydrogen) atoms. The minimum Gasteiger partial charge on any atom is -0.369 e. The number of rotatable bonds is 3. The van der Waals surface area contributed by atoms with Crippen molar-refractivity contribution in [2.75, 3.05) is 13.1 Å². The van der Waals surface area contributed by atoms with Gasteiger partial charge in [-0.3, -0.25) is 9.59 Å². The molecule has 0 aromatic rings. The molecular weight excluding hydrogens is 194 g/mol. The first-order valence-electron chi connectivity index (χ1n) is 5.18. The minimum absolute atomic E-state index is 0.00924. The number of carbonyl (C=O) groups is 2. The normalized spacial score (nSPS) is 27.8. The van der Waals surface area contributed by atoms with Crippen LogP contribution in [0.2, 0.25) is 0 Å². The van der Waals surface area contributed by atoms with Crippen molar-refractivity contribution in [1.29, 1.82) is 0 Å². The van der Waals surface area contributed by atoms with E-state index in [9.17, 15) is 9.59 Å². The molecule has 1 saturated heterocycles. The van der Waals surface area contributed by atoms with Crippen molar-refractivity contribution in [3.05, 3.63) is 0 Å². The van der Waals surface area contributed by atoms with E-state index < -0.39 is 5.41 Å². The van der Waals surface area contributed by atoms with E-state index >= 15 is 0 Å². The van der Waals surface area contributed by atoms with Crippen molar-refractivity contribution in [3.8, 4) is 0 Å². The van der Waals surface area contributed by atoms with Crippen LogP contribution in [0.5, 0.6) is 0 Å². The summed E-state index contributed by atoms with van der Waals surface area (Å²) < 4.78 is 0. The van der Waals surface area contributed by atoms with Crippen LogP contribution in [0.3, 0.4) is 0 Å². The third kappa shape index (κ3) is 2.68. The average Bonchev–Trinajstić information content (AvgIpc) is 2.48. The molecular formula is C10H19N3O2. The molecule has 0 aliphatic carbocycles. The Balaban J connectivity index is 2.56. The highest BCUT2D eigenvalue weighted by Gasteiger charge is 2.40. The molecule has 2 unspecified atom stereocenters. The summed E-state index contributed by atoms with van der Waals surface area (Å²) in [5.41, 5.74) is 10.3. The molecule has 0 spiro atoms. The van der Waals surface area contributed by atoms with Gasteiger partial charge in [0.1, 0.15) is 0 Å². The monoisotopic (exact) mass is 213 g/mol. The standard InChI is InChI=1S/C10H19N3O2/c1-7(11)5-8(14)13-4-3-10(2,6-13)9(12)15/h7H,3-6,11H2,1-2H3,(H2,12,15). The minimum atomic E-state index is -0.562. The molecule has 5 nitrogen and oxygen atoms in total. The second kappa shape index (κ2) is 4.18. The Morgan fingerprint density at radius 2 is 2.13 bits per heavy atom. The van der Waals surface area contributed by atoms with Crippen LogP contribution in [-0.4, -0.2) is 35.8 Å². The third-order valence-corrected chi connectivity index (χ3v) is 2.92. The predicted octanol–water partition coefficient (Wildman–Crippen LogP) is -0.552. The van der Waals surface area contributed by atoms with Gasteiger partial charge in [-0.15, -0.1) is 0 Å². The molecule has 4 N–H and O–H groups in total. The zero-order chi connectivity index (χ0) is 11.6. The van der Waals surface area contributed by atoms with Crippen LogP contribution in [0.1, 0.15) is 26.7 Å². The van der Waals surface area contributed by atoms with Gasteiger partial charge in [0.2, 0.25) is 11.8 Å². The van der Waals surface area contributed by atoms with Gasteiger partial charge in [0.05, 0.1) is 5.41 Å². The van der Waals surface area contributed by atoms with Gasteiger partial charge < -0.3 is 16.4 Å². The van der Waals surface area contributed by atoms with Crippen LogP contribution in [0, 0.1) is 5.41 Å². The van der Waals surface area contributed by atoms with Gasteiger partial charge in [0, 0.05) is 25.6 Å². The first-order chi connectivity index (χ1) is 6.85. The van der Waals surface area contributed by atoms with E-state index in [0.717, 1.165) is 0 Å². The summed E-state index contributed by atoms with van der Waals surface area (Å²) in [4.78, 5) is 24.5. The summed E-state index contributed by atoms with van der Waals surface area (Å²) in [5, 5.41) is 0. The van der Waals surface area contributed by atoms with Gasteiger partial charge in [0.15, 0.2) is 0 Å². The van der Waals surface area contributed by atoms with Crippen LogP contribution < -0.4 is 11.5 Å². The molecule has 0 radical (unpaired) electrons. The number of nitrogens with zero attached hydrogens (tertiary/aromatic N) is 1. The van der Waals surface area contributed by atoms with E-state index in [1.165, 1.54) is 0 Å². The van der Waals surface area contributed by atoms with Gasteiger partial charge in [-0.2, -0.15) is 0 Å². The number of hydrogen-bond donors (Lipinski definition) is 2. The molecule has 0 aromatic heterocycles. The second-order valence-corrected chi connectivity index (χ2v) is 4.67. The number of hydrogen-bond acceptors (Lipinski definition) is 3. The van der Waals surface area contributed by atoms with Gasteiger partial charge >= 0.3 is 0 Å². The lowest BCUT2D eigenvalue weighted by atomic mass is 9.89. The van der Waals surface area contributed by atoms with Crippen LogP contribution in [0.15, 0.2) is 0 Å². The molecule has 5 heteroatoms. The van der Waals surface area contributed by atoms with E-state index in [1.807, 2.05) is 0 Å². The van der Waals surface area contributed by atoms with Crippen LogP contribution in [0.4, 0.5) is 0 Å². The maximum atomic E-state index is 11.7. The number of primary amides is 1. The summed E-state index contributed by atoms with van der Waals surface area (Å²) in [5.74, 6) is -0.325. The van der Waals surface area contributed by atoms with Gasteiger partial charge in [-0.1, -0.05) is 0 Å². The number of amides is 2. The average molecular weight is 213 g/mol. The van der Waals surface area contributed by atoms with Crippen molar-refractivity contribution < 1.29 is 9.59 Å². The lowest BCUT2D eigenvalue weighted by Gasteiger charge is -2.21. The fourth-order valence-electron chi connectivity index (χ4n) is 1.78. The summed E-state index contributed by atoms with van der Waals surface area (Å²) in [7, 11) is 0. The summed E-state index contributed by atoms with van der Waals surface area (Å²) in [6.07, 6.45) is 0.974. The Hall–Kier alpha value is -1.10. The Kier molecular flexibility index (Phi) is 3.34. The van der Waals surface area contributed by atoms with Gasteiger partial charge in [-0.05, 0) is 20.3 Å². The Morgan fingerprint density at radius 1 is 1.53 bits per heavy atom. The summed E-state index contributed by atoms with van der Waals surface area (Å²) >= 11 is 0. The third-order valence-electron chi connectivity index (χ3n) is 2.92. The molecule has 1 aliphatic rings. The van der Waals surface area contributed by atoms with E-state index in [1.54, 1.807) is 18.7 Å². The first-order valence-corrected chi connectivity index (χ1v) is 5.18. The van der Waals surface area contributed by atoms with Crippen molar-refractivity contribution in [1.82, 2.24) is 4.90 Å². The Bertz CT molecular complexity index is 278. The lowest BCUT2D eigenvalue weighted by molar-refractivity contribution is -0.131. The van der Waals surface area contributed by atoms with Crippen molar-refractivity contribution in [2.24, 2.45) is 16.9 Å². The molecule has 1 fully saturated rings. The molecule has 0 saturated carbocycles. The number of carbonyl (C=O) groups excluding carboxylic acids is 2. The SMILES string of the molecule is CC(N)CC(=O)N1CCC(C)(C(N)=O)C1. The van der Waals surface area contributed by atoms with Crippen molar-refractivity contribution >= 4 is 11.8 Å². The zero-order valence-corrected chi connectivity index (χ0v) is 9.32. The lowest BCUT2D eigenvalue weighted by Crippen LogP contribution is -2.39. The highest BCUT2D eigenvalue weighted by molar-refractivity contribution is 5.83. The first kappa shape index (κ1) is 12.0. The van der Waals surface area contributed by atoms with Gasteiger partial charge in [0.25, 0.3) is 0 Å². The highest BCUT2D eigenvalue weighted by Crippen LogP contribution is 2.29. The van der Waals surface area contributed by atoms with Crippen LogP contribution in [0.25, 0.3) is 0 Å². The second-order valence-electron chi connectivity index (χ2n) is 4.67. The molecule has 1 heterocycles. The molecule has 2 atom stereocenters. The van der Waals surface area contributed by atoms with Crippen LogP contribution in [-0.2, 0) is 9.59 Å². The van der Waals surface area contributed by atoms with Crippen LogP contribution >= 0.6 is 0 Å².